The van der Waals surface area contributed by atoms with Gasteiger partial charge in [0, 0.05) is 145 Å². The van der Waals surface area contributed by atoms with Gasteiger partial charge >= 0.3 is 0 Å². The third-order valence-electron chi connectivity index (χ3n) is 24.6. The van der Waals surface area contributed by atoms with Crippen LogP contribution in [0.2, 0.25) is 0 Å². The minimum absolute atomic E-state index is 0.0576. The van der Waals surface area contributed by atoms with Crippen LogP contribution in [0.15, 0.2) is 243 Å². The van der Waals surface area contributed by atoms with Crippen molar-refractivity contribution in [3.8, 4) is 28.7 Å². The number of aromatic hydroxyl groups is 5. The molecule has 21 rings (SSSR count). The molecule has 31 heteroatoms. The molecule has 0 atom stereocenters. The van der Waals surface area contributed by atoms with E-state index in [1.54, 1.807) is 136 Å². The maximum Gasteiger partial charge on any atom is 0.258 e. The van der Waals surface area contributed by atoms with E-state index in [1.807, 2.05) is 79.7 Å². The van der Waals surface area contributed by atoms with Crippen LogP contribution in [0.5, 0.6) is 28.7 Å². The Morgan fingerprint density at radius 3 is 0.978 bits per heavy atom. The van der Waals surface area contributed by atoms with Gasteiger partial charge in [-0.25, -0.2) is 34.7 Å². The van der Waals surface area contributed by atoms with Crippen molar-refractivity contribution in [1.29, 1.82) is 0 Å². The summed E-state index contributed by atoms with van der Waals surface area (Å²) >= 11 is 0. The first kappa shape index (κ1) is 91.9. The number of nitrogens with zero attached hydrogens (tertiary/aromatic N) is 11. The molecule has 16 aromatic rings. The molecule has 5 aromatic heterocycles. The number of aliphatic hydroxyl groups is 1. The highest BCUT2D eigenvalue weighted by Crippen LogP contribution is 2.47. The number of phenolic OH excluding ortho intramolecular Hbond substituents is 5. The monoisotopic (exact) mass is 1850 g/mol. The second-order valence-corrected chi connectivity index (χ2v) is 35.5. The standard InChI is InChI=1S/C26H19FN2O2.C21H20FN3O4S.C20H17FN2O3.C19H15FN2O3.C19H15FN2O2/c27-19-11-8-18(9-12-19)15-29-16-22-20(13-10-17-5-2-1-3-6-17)21-7-4-14-28-24(21)25(30)23(22)26(29)31;1-24(2)30(28,29)12-17-15-4-3-9-23-19(15)20(26)18-16(17)11-25(21(18)27)10-13-5-7-14(22)8-6-13;1-26-11-16-14-3-2-8-22-18(14)19(24)17-15(16)10-23(20(17)25)9-12-4-6-13(21)7-5-12;20-12-5-3-11(4-6-12)8-22-9-14-15(10-23)13-2-1-7-21-17(13)18(24)16(14)19(22)25;1-11-14-3-2-8-21-17(14)18(23)16-15(11)10-22(19(16)24)9-12-4-6-13(20)7-5-12/h1-14,30H,15-16H2;3-9,26H,10-12H2,1-2H3;2-8,24H,9-11H2,1H3;1-7,23-24H,8-10H2;2-8,23H,9-10H2,1H3/b13-10+;;;;. The molecule has 0 saturated carbocycles. The van der Waals surface area contributed by atoms with Gasteiger partial charge in [-0.1, -0.05) is 133 Å². The first-order valence-corrected chi connectivity index (χ1v) is 44.6. The Labute approximate surface area is 775 Å². The molecule has 0 bridgehead atoms. The molecule has 5 aliphatic heterocycles. The average molecular weight is 1850 g/mol. The van der Waals surface area contributed by atoms with Crippen molar-refractivity contribution in [2.24, 2.45) is 0 Å². The smallest absolute Gasteiger partial charge is 0.258 e. The van der Waals surface area contributed by atoms with Gasteiger partial charge in [0.2, 0.25) is 10.0 Å². The molecule has 686 valence electrons. The van der Waals surface area contributed by atoms with E-state index < -0.39 is 15.9 Å². The predicted molar refractivity (Wildman–Crippen MR) is 500 cm³/mol. The molecular weight excluding hydrogens is 1770 g/mol. The van der Waals surface area contributed by atoms with Crippen LogP contribution in [-0.4, -0.2) is 144 Å². The fourth-order valence-corrected chi connectivity index (χ4v) is 18.8. The summed E-state index contributed by atoms with van der Waals surface area (Å²) in [5.41, 5.74) is 15.2. The van der Waals surface area contributed by atoms with Gasteiger partial charge in [0.05, 0.1) is 46.8 Å². The van der Waals surface area contributed by atoms with Crippen LogP contribution < -0.4 is 0 Å². The summed E-state index contributed by atoms with van der Waals surface area (Å²) in [6, 6.07) is 57.8. The number of carbonyl (C=O) groups excluding carboxylic acids is 5. The summed E-state index contributed by atoms with van der Waals surface area (Å²) in [6.45, 7) is 5.12. The van der Waals surface area contributed by atoms with Crippen molar-refractivity contribution in [2.75, 3.05) is 21.2 Å². The SMILES string of the molecule is CN(C)S(=O)(=O)Cc1c2c(c(O)c3ncccc13)C(=O)N(Cc1ccc(F)cc1)C2.COCc1c2c(c(O)c3ncccc13)C(=O)N(Cc1ccc(F)cc1)C2.Cc1c2c(c(O)c3ncccc13)C(=O)N(Cc1ccc(F)cc1)C2.O=C1c2c(c(/C=C/c3ccccc3)c3cccnc3c2O)CN1Cc1ccc(F)cc1.O=C1c2c(c(CO)c3cccnc3c2O)CN1Cc1ccc(F)cc1. The maximum atomic E-state index is 13.3. The molecule has 0 unspecified atom stereocenters. The van der Waals surface area contributed by atoms with E-state index in [2.05, 4.69) is 24.9 Å². The summed E-state index contributed by atoms with van der Waals surface area (Å²) in [5, 5.41) is 66.7. The molecule has 5 aliphatic rings. The molecule has 5 amide bonds. The average Bonchev–Trinajstić information content (AvgIpc) is 1.55. The zero-order valence-corrected chi connectivity index (χ0v) is 74.4. The van der Waals surface area contributed by atoms with E-state index in [-0.39, 0.29) is 136 Å². The van der Waals surface area contributed by atoms with Crippen LogP contribution in [-0.2, 0) is 99.2 Å². The van der Waals surface area contributed by atoms with E-state index in [9.17, 15) is 85.0 Å². The molecule has 11 aromatic carbocycles. The summed E-state index contributed by atoms with van der Waals surface area (Å²) in [6.07, 6.45) is 11.8. The summed E-state index contributed by atoms with van der Waals surface area (Å²) < 4.78 is 97.3. The van der Waals surface area contributed by atoms with Gasteiger partial charge in [-0.2, -0.15) is 0 Å². The summed E-state index contributed by atoms with van der Waals surface area (Å²) in [7, 11) is 0.862. The molecule has 6 N–H and O–H groups in total. The molecular formula is C105H86F5N11O14S. The zero-order valence-electron chi connectivity index (χ0n) is 73.6. The van der Waals surface area contributed by atoms with Crippen LogP contribution in [0.4, 0.5) is 22.0 Å². The quantitative estimate of drug-likeness (QED) is 0.0343. The lowest BCUT2D eigenvalue weighted by atomic mass is 9.96. The van der Waals surface area contributed by atoms with Gasteiger partial charge in [-0.15, -0.1) is 0 Å². The van der Waals surface area contributed by atoms with E-state index >= 15 is 0 Å². The largest absolute Gasteiger partial charge is 0.505 e. The van der Waals surface area contributed by atoms with Crippen LogP contribution in [0, 0.1) is 36.0 Å². The van der Waals surface area contributed by atoms with Crippen LogP contribution in [0.25, 0.3) is 66.7 Å². The highest BCUT2D eigenvalue weighted by Gasteiger charge is 2.41. The number of hydrogen-bond donors (Lipinski definition) is 6. The number of aryl methyl sites for hydroxylation is 1. The lowest BCUT2D eigenvalue weighted by molar-refractivity contribution is 0.0757. The maximum absolute atomic E-state index is 13.3. The minimum Gasteiger partial charge on any atom is -0.505 e. The van der Waals surface area contributed by atoms with Crippen molar-refractivity contribution in [1.82, 2.24) is 53.7 Å². The summed E-state index contributed by atoms with van der Waals surface area (Å²) in [4.78, 5) is 93.9. The van der Waals surface area contributed by atoms with E-state index in [0.717, 1.165) is 87.2 Å². The topological polar surface area (TPSA) is 334 Å². The number of phenols is 5. The Kier molecular flexibility index (Phi) is 26.2. The number of fused-ring (bicyclic) bond motifs is 10. The lowest BCUT2D eigenvalue weighted by Gasteiger charge is -2.17. The van der Waals surface area contributed by atoms with Crippen molar-refractivity contribution in [3.05, 3.63) is 389 Å². The summed E-state index contributed by atoms with van der Waals surface area (Å²) in [5.74, 6) is -4.08. The fourth-order valence-electron chi connectivity index (χ4n) is 17.8. The van der Waals surface area contributed by atoms with Crippen LogP contribution in [0.1, 0.15) is 141 Å². The third-order valence-corrected chi connectivity index (χ3v) is 26.4. The second-order valence-electron chi connectivity index (χ2n) is 33.3. The first-order chi connectivity index (χ1) is 65.6. The Hall–Kier alpha value is -16.0. The number of hydrogen-bond acceptors (Lipinski definition) is 19. The zero-order chi connectivity index (χ0) is 95.7. The number of pyridine rings is 5. The number of halogens is 5. The second kappa shape index (κ2) is 38.7. The Balaban J connectivity index is 0.000000118. The van der Waals surface area contributed by atoms with Crippen molar-refractivity contribution >= 4 is 106 Å². The number of methoxy groups -OCH3 is 1. The van der Waals surface area contributed by atoms with Gasteiger partial charge in [0.1, 0.15) is 56.7 Å². The van der Waals surface area contributed by atoms with E-state index in [4.69, 9.17) is 4.74 Å². The minimum atomic E-state index is -3.62. The van der Waals surface area contributed by atoms with Gasteiger partial charge in [0.25, 0.3) is 29.5 Å². The number of benzene rings is 11. The van der Waals surface area contributed by atoms with Crippen molar-refractivity contribution in [2.45, 2.75) is 91.3 Å². The van der Waals surface area contributed by atoms with Gasteiger partial charge in [0.15, 0.2) is 28.7 Å². The fraction of sp³-hybridized carbons (Fsp3) is 0.162. The van der Waals surface area contributed by atoms with E-state index in [1.165, 1.54) is 92.1 Å². The molecule has 25 nitrogen and oxygen atoms in total. The molecule has 0 spiro atoms. The molecule has 0 radical (unpaired) electrons. The molecule has 0 aliphatic carbocycles. The number of aliphatic hydroxyl groups excluding tert-OH is 1. The molecule has 0 saturated heterocycles. The Morgan fingerprint density at radius 1 is 0.353 bits per heavy atom. The highest BCUT2D eigenvalue weighted by atomic mass is 32.2. The number of aromatic nitrogens is 5. The van der Waals surface area contributed by atoms with Crippen molar-refractivity contribution < 1.29 is 89.7 Å². The molecule has 10 heterocycles. The van der Waals surface area contributed by atoms with Gasteiger partial charge < -0.3 is 59.9 Å². The number of rotatable bonds is 18. The number of carbonyl (C=O) groups is 5. The lowest BCUT2D eigenvalue weighted by Crippen LogP contribution is -2.24. The van der Waals surface area contributed by atoms with Crippen LogP contribution in [0.3, 0.4) is 0 Å². The third kappa shape index (κ3) is 18.2. The number of sulfonamides is 1. The first-order valence-electron chi connectivity index (χ1n) is 43.0. The van der Waals surface area contributed by atoms with Gasteiger partial charge in [-0.3, -0.25) is 48.9 Å². The number of ether oxygens (including phenoxy) is 1. The molecule has 136 heavy (non-hydrogen) atoms. The normalized spacial score (nSPS) is 13.6. The highest BCUT2D eigenvalue weighted by molar-refractivity contribution is 7.88. The van der Waals surface area contributed by atoms with E-state index in [0.29, 0.717) is 119 Å². The van der Waals surface area contributed by atoms with Gasteiger partial charge in [-0.05, 0) is 187 Å². The predicted octanol–water partition coefficient (Wildman–Crippen LogP) is 17.7. The molecule has 0 fully saturated rings. The Morgan fingerprint density at radius 2 is 0.632 bits per heavy atom. The Bertz CT molecular complexity index is 7600. The van der Waals surface area contributed by atoms with Crippen molar-refractivity contribution in [3.63, 3.8) is 0 Å². The van der Waals surface area contributed by atoms with Crippen LogP contribution >= 0.6 is 0 Å². The number of amides is 5.